The molecule has 0 fully saturated rings. The highest BCUT2D eigenvalue weighted by Gasteiger charge is 2.30. The zero-order valence-corrected chi connectivity index (χ0v) is 14.1. The van der Waals surface area contributed by atoms with Crippen LogP contribution in [0.4, 0.5) is 0 Å². The van der Waals surface area contributed by atoms with E-state index in [0.29, 0.717) is 5.56 Å². The molecule has 0 aliphatic heterocycles. The standard InChI is InChI=1S/C16H20N4OS/c1-8(2)20-9(3)12(15(17)21)11-6-5-10-7-18-16(22-4)19-13(10)14(11)20/h7-8H,5-6H2,1-4H3,(H2,17,21). The summed E-state index contributed by atoms with van der Waals surface area (Å²) in [6, 6.07) is 0.237. The molecule has 2 aromatic rings. The van der Waals surface area contributed by atoms with Crippen molar-refractivity contribution in [1.29, 1.82) is 0 Å². The number of primary amides is 1. The van der Waals surface area contributed by atoms with Crippen LogP contribution in [0.25, 0.3) is 11.4 Å². The quantitative estimate of drug-likeness (QED) is 0.698. The maximum atomic E-state index is 11.9. The molecule has 0 saturated heterocycles. The van der Waals surface area contributed by atoms with Crippen LogP contribution >= 0.6 is 11.8 Å². The van der Waals surface area contributed by atoms with E-state index in [0.717, 1.165) is 46.2 Å². The Labute approximate surface area is 134 Å². The number of carbonyl (C=O) groups excluding carboxylic acids is 1. The van der Waals surface area contributed by atoms with Gasteiger partial charge in [-0.3, -0.25) is 4.79 Å². The molecule has 0 spiro atoms. The molecular weight excluding hydrogens is 296 g/mol. The summed E-state index contributed by atoms with van der Waals surface area (Å²) in [6.45, 7) is 6.20. The van der Waals surface area contributed by atoms with Crippen LogP contribution in [0, 0.1) is 6.92 Å². The highest BCUT2D eigenvalue weighted by atomic mass is 32.2. The summed E-state index contributed by atoms with van der Waals surface area (Å²) in [7, 11) is 0. The van der Waals surface area contributed by atoms with Crippen molar-refractivity contribution in [1.82, 2.24) is 14.5 Å². The number of rotatable bonds is 3. The van der Waals surface area contributed by atoms with E-state index < -0.39 is 0 Å². The molecule has 22 heavy (non-hydrogen) atoms. The number of thioether (sulfide) groups is 1. The molecule has 1 aliphatic carbocycles. The number of nitrogens with two attached hydrogens (primary N) is 1. The molecule has 0 unspecified atom stereocenters. The largest absolute Gasteiger partial charge is 0.366 e. The van der Waals surface area contributed by atoms with Gasteiger partial charge in [0.25, 0.3) is 5.91 Å². The van der Waals surface area contributed by atoms with E-state index in [1.165, 1.54) is 11.8 Å². The Bertz CT molecular complexity index is 764. The predicted octanol–water partition coefficient (Wildman–Crippen LogP) is 2.75. The first-order valence-electron chi connectivity index (χ1n) is 7.39. The predicted molar refractivity (Wildman–Crippen MR) is 88.3 cm³/mol. The molecule has 5 nitrogen and oxygen atoms in total. The summed E-state index contributed by atoms with van der Waals surface area (Å²) in [5.74, 6) is -0.351. The summed E-state index contributed by atoms with van der Waals surface area (Å²) in [4.78, 5) is 21.0. The van der Waals surface area contributed by atoms with E-state index in [-0.39, 0.29) is 11.9 Å². The van der Waals surface area contributed by atoms with Gasteiger partial charge >= 0.3 is 0 Å². The van der Waals surface area contributed by atoms with Crippen molar-refractivity contribution < 1.29 is 4.79 Å². The molecule has 2 heterocycles. The van der Waals surface area contributed by atoms with Crippen LogP contribution in [0.3, 0.4) is 0 Å². The first-order chi connectivity index (χ1) is 10.5. The monoisotopic (exact) mass is 316 g/mol. The van der Waals surface area contributed by atoms with Crippen molar-refractivity contribution in [2.45, 2.75) is 44.8 Å². The average molecular weight is 316 g/mol. The lowest BCUT2D eigenvalue weighted by Crippen LogP contribution is -2.15. The number of amides is 1. The number of hydrogen-bond acceptors (Lipinski definition) is 4. The van der Waals surface area contributed by atoms with Gasteiger partial charge in [-0.05, 0) is 51.0 Å². The molecule has 0 bridgehead atoms. The Morgan fingerprint density at radius 3 is 2.73 bits per heavy atom. The van der Waals surface area contributed by atoms with Gasteiger partial charge in [0.1, 0.15) is 0 Å². The molecule has 0 radical (unpaired) electrons. The number of nitrogens with zero attached hydrogens (tertiary/aromatic N) is 3. The molecule has 0 aromatic carbocycles. The summed E-state index contributed by atoms with van der Waals surface area (Å²) >= 11 is 1.52. The molecule has 1 aliphatic rings. The SMILES string of the molecule is CSc1ncc2c(n1)-c1c(c(C(N)=O)c(C)n1C(C)C)CC2. The van der Waals surface area contributed by atoms with Gasteiger partial charge in [0.2, 0.25) is 0 Å². The van der Waals surface area contributed by atoms with E-state index >= 15 is 0 Å². The smallest absolute Gasteiger partial charge is 0.250 e. The number of hydrogen-bond donors (Lipinski definition) is 1. The van der Waals surface area contributed by atoms with Gasteiger partial charge in [0.15, 0.2) is 5.16 Å². The highest BCUT2D eigenvalue weighted by Crippen LogP contribution is 2.39. The minimum Gasteiger partial charge on any atom is -0.366 e. The Kier molecular flexibility index (Phi) is 3.72. The third kappa shape index (κ3) is 2.13. The van der Waals surface area contributed by atoms with Crippen molar-refractivity contribution in [3.8, 4) is 11.4 Å². The van der Waals surface area contributed by atoms with Crippen LogP contribution in [0.15, 0.2) is 11.4 Å². The van der Waals surface area contributed by atoms with Crippen LogP contribution < -0.4 is 5.73 Å². The van der Waals surface area contributed by atoms with Crippen molar-refractivity contribution in [3.05, 3.63) is 28.6 Å². The van der Waals surface area contributed by atoms with Gasteiger partial charge in [-0.1, -0.05) is 11.8 Å². The van der Waals surface area contributed by atoms with E-state index in [9.17, 15) is 4.79 Å². The first kappa shape index (κ1) is 15.1. The van der Waals surface area contributed by atoms with Gasteiger partial charge in [-0.2, -0.15) is 0 Å². The lowest BCUT2D eigenvalue weighted by atomic mass is 9.92. The minimum absolute atomic E-state index is 0.237. The van der Waals surface area contributed by atoms with E-state index in [2.05, 4.69) is 23.4 Å². The van der Waals surface area contributed by atoms with E-state index in [1.807, 2.05) is 19.4 Å². The van der Waals surface area contributed by atoms with Crippen molar-refractivity contribution in [2.24, 2.45) is 5.73 Å². The molecular formula is C16H20N4OS. The van der Waals surface area contributed by atoms with Gasteiger partial charge < -0.3 is 10.3 Å². The van der Waals surface area contributed by atoms with Crippen LogP contribution in [-0.2, 0) is 12.8 Å². The highest BCUT2D eigenvalue weighted by molar-refractivity contribution is 7.98. The summed E-state index contributed by atoms with van der Waals surface area (Å²) in [5, 5.41) is 0.751. The van der Waals surface area contributed by atoms with Crippen molar-refractivity contribution in [3.63, 3.8) is 0 Å². The average Bonchev–Trinajstić information content (AvgIpc) is 2.79. The number of aromatic nitrogens is 3. The molecule has 3 rings (SSSR count). The van der Waals surface area contributed by atoms with Crippen LogP contribution in [0.5, 0.6) is 0 Å². The molecule has 2 aromatic heterocycles. The Hall–Kier alpha value is -1.82. The molecule has 0 atom stereocenters. The maximum absolute atomic E-state index is 11.9. The fraction of sp³-hybridized carbons (Fsp3) is 0.438. The lowest BCUT2D eigenvalue weighted by Gasteiger charge is -2.21. The second kappa shape index (κ2) is 5.43. The number of fused-ring (bicyclic) bond motifs is 3. The molecule has 0 saturated carbocycles. The Morgan fingerprint density at radius 2 is 2.14 bits per heavy atom. The van der Waals surface area contributed by atoms with Crippen LogP contribution in [0.1, 0.15) is 47.1 Å². The van der Waals surface area contributed by atoms with Gasteiger partial charge in [-0.15, -0.1) is 0 Å². The van der Waals surface area contributed by atoms with Crippen molar-refractivity contribution in [2.75, 3.05) is 6.26 Å². The normalized spacial score (nSPS) is 13.1. The van der Waals surface area contributed by atoms with Gasteiger partial charge in [0, 0.05) is 17.9 Å². The van der Waals surface area contributed by atoms with Gasteiger partial charge in [-0.25, -0.2) is 9.97 Å². The number of aryl methyl sites for hydroxylation is 1. The van der Waals surface area contributed by atoms with E-state index in [4.69, 9.17) is 10.7 Å². The number of carbonyl (C=O) groups is 1. The zero-order chi connectivity index (χ0) is 16.0. The lowest BCUT2D eigenvalue weighted by molar-refractivity contribution is 0.0998. The zero-order valence-electron chi connectivity index (χ0n) is 13.3. The molecule has 1 amide bonds. The topological polar surface area (TPSA) is 73.8 Å². The molecule has 116 valence electrons. The summed E-state index contributed by atoms with van der Waals surface area (Å²) < 4.78 is 2.19. The fourth-order valence-electron chi connectivity index (χ4n) is 3.38. The maximum Gasteiger partial charge on any atom is 0.250 e. The molecule has 2 N–H and O–H groups in total. The van der Waals surface area contributed by atoms with Crippen molar-refractivity contribution >= 4 is 17.7 Å². The third-order valence-electron chi connectivity index (χ3n) is 4.21. The second-order valence-corrected chi connectivity index (χ2v) is 6.62. The minimum atomic E-state index is -0.351. The summed E-state index contributed by atoms with van der Waals surface area (Å²) in [5.41, 5.74) is 11.4. The third-order valence-corrected chi connectivity index (χ3v) is 4.77. The Balaban J connectivity index is 2.36. The molecule has 6 heteroatoms. The first-order valence-corrected chi connectivity index (χ1v) is 8.61. The van der Waals surface area contributed by atoms with Gasteiger partial charge in [0.05, 0.1) is 17.0 Å². The summed E-state index contributed by atoms with van der Waals surface area (Å²) in [6.07, 6.45) is 5.53. The fourth-order valence-corrected chi connectivity index (χ4v) is 3.72. The van der Waals surface area contributed by atoms with E-state index in [1.54, 1.807) is 0 Å². The van der Waals surface area contributed by atoms with Crippen LogP contribution in [-0.4, -0.2) is 26.7 Å². The van der Waals surface area contributed by atoms with Crippen LogP contribution in [0.2, 0.25) is 0 Å². The Morgan fingerprint density at radius 1 is 1.41 bits per heavy atom. The second-order valence-electron chi connectivity index (χ2n) is 5.85.